The molecule has 1 aliphatic heterocycles. The summed E-state index contributed by atoms with van der Waals surface area (Å²) in [5.74, 6) is 0.296. The van der Waals surface area contributed by atoms with Crippen molar-refractivity contribution in [2.75, 3.05) is 18.1 Å². The lowest BCUT2D eigenvalue weighted by atomic mass is 9.95. The minimum Gasteiger partial charge on any atom is -0.396 e. The van der Waals surface area contributed by atoms with Gasteiger partial charge in [-0.1, -0.05) is 0 Å². The van der Waals surface area contributed by atoms with Crippen molar-refractivity contribution in [3.63, 3.8) is 0 Å². The number of carbonyl (C=O) groups excluding carboxylic acids is 1. The molecular weight excluding hydrogens is 204 g/mol. The third-order valence-corrected chi connectivity index (χ3v) is 4.31. The average Bonchev–Trinajstić information content (AvgIpc) is 2.14. The van der Waals surface area contributed by atoms with Gasteiger partial charge in [0.1, 0.15) is 15.6 Å². The van der Waals surface area contributed by atoms with Crippen LogP contribution in [0.25, 0.3) is 0 Å². The summed E-state index contributed by atoms with van der Waals surface area (Å²) < 4.78 is 22.2. The van der Waals surface area contributed by atoms with Crippen LogP contribution < -0.4 is 0 Å². The van der Waals surface area contributed by atoms with Gasteiger partial charge in [0.25, 0.3) is 0 Å². The third-order valence-electron chi connectivity index (χ3n) is 2.59. The topological polar surface area (TPSA) is 71.4 Å². The smallest absolute Gasteiger partial charge is 0.150 e. The van der Waals surface area contributed by atoms with Crippen LogP contribution in [0.5, 0.6) is 0 Å². The summed E-state index contributed by atoms with van der Waals surface area (Å²) >= 11 is 0. The van der Waals surface area contributed by atoms with E-state index in [9.17, 15) is 13.2 Å². The molecule has 0 aromatic heterocycles. The Morgan fingerprint density at radius 2 is 1.86 bits per heavy atom. The summed E-state index contributed by atoms with van der Waals surface area (Å²) in [6.07, 6.45) is 1.79. The maximum absolute atomic E-state index is 11.5. The van der Waals surface area contributed by atoms with Gasteiger partial charge >= 0.3 is 0 Å². The summed E-state index contributed by atoms with van der Waals surface area (Å²) in [6, 6.07) is 0. The first-order valence-electron chi connectivity index (χ1n) is 4.89. The van der Waals surface area contributed by atoms with Crippen LogP contribution in [0, 0.1) is 5.92 Å². The highest BCUT2D eigenvalue weighted by molar-refractivity contribution is 7.91. The molecule has 0 aromatic carbocycles. The van der Waals surface area contributed by atoms with Gasteiger partial charge in [0.2, 0.25) is 0 Å². The number of aliphatic hydroxyl groups is 1. The van der Waals surface area contributed by atoms with Crippen molar-refractivity contribution in [3.8, 4) is 0 Å². The fraction of sp³-hybridized carbons (Fsp3) is 0.889. The SMILES string of the molecule is O=C(CCCO)C1CCS(=O)(=O)CC1. The van der Waals surface area contributed by atoms with Crippen molar-refractivity contribution in [3.05, 3.63) is 0 Å². The zero-order chi connectivity index (χ0) is 10.6. The van der Waals surface area contributed by atoms with Crippen molar-refractivity contribution in [2.45, 2.75) is 25.7 Å². The van der Waals surface area contributed by atoms with Crippen molar-refractivity contribution in [1.82, 2.24) is 0 Å². The Morgan fingerprint density at radius 1 is 1.29 bits per heavy atom. The Hall–Kier alpha value is -0.420. The molecule has 1 aliphatic rings. The zero-order valence-corrected chi connectivity index (χ0v) is 8.92. The van der Waals surface area contributed by atoms with Gasteiger partial charge in [-0.25, -0.2) is 8.42 Å². The van der Waals surface area contributed by atoms with Gasteiger partial charge in [-0.05, 0) is 19.3 Å². The molecule has 1 saturated heterocycles. The van der Waals surface area contributed by atoms with Gasteiger partial charge in [-0.2, -0.15) is 0 Å². The second-order valence-electron chi connectivity index (χ2n) is 3.72. The molecule has 0 aromatic rings. The molecular formula is C9H16O4S. The van der Waals surface area contributed by atoms with Crippen LogP contribution in [0.1, 0.15) is 25.7 Å². The molecule has 0 unspecified atom stereocenters. The summed E-state index contributed by atoms with van der Waals surface area (Å²) in [7, 11) is -2.87. The molecule has 0 amide bonds. The lowest BCUT2D eigenvalue weighted by Crippen LogP contribution is -2.28. The molecule has 5 heteroatoms. The number of hydrogen-bond donors (Lipinski definition) is 1. The highest BCUT2D eigenvalue weighted by Gasteiger charge is 2.27. The van der Waals surface area contributed by atoms with Gasteiger partial charge in [-0.3, -0.25) is 4.79 Å². The number of rotatable bonds is 4. The van der Waals surface area contributed by atoms with Crippen molar-refractivity contribution >= 4 is 15.6 Å². The van der Waals surface area contributed by atoms with E-state index in [0.29, 0.717) is 25.7 Å². The highest BCUT2D eigenvalue weighted by atomic mass is 32.2. The van der Waals surface area contributed by atoms with Gasteiger partial charge in [0, 0.05) is 18.9 Å². The zero-order valence-electron chi connectivity index (χ0n) is 8.11. The molecule has 14 heavy (non-hydrogen) atoms. The normalized spacial score (nSPS) is 22.1. The molecule has 1 rings (SSSR count). The Bertz CT molecular complexity index is 280. The molecule has 1 heterocycles. The molecule has 1 N–H and O–H groups in total. The van der Waals surface area contributed by atoms with Gasteiger partial charge in [0.15, 0.2) is 0 Å². The predicted molar refractivity (Wildman–Crippen MR) is 52.7 cm³/mol. The molecule has 0 spiro atoms. The fourth-order valence-corrected chi connectivity index (χ4v) is 3.16. The molecule has 0 atom stereocenters. The molecule has 0 saturated carbocycles. The predicted octanol–water partition coefficient (Wildman–Crippen LogP) is 0.153. The number of aliphatic hydroxyl groups excluding tert-OH is 1. The third kappa shape index (κ3) is 3.38. The van der Waals surface area contributed by atoms with E-state index in [1.54, 1.807) is 0 Å². The Morgan fingerprint density at radius 3 is 2.36 bits per heavy atom. The number of Topliss-reactive ketones (excluding diaryl/α,β-unsaturated/α-hetero) is 1. The maximum atomic E-state index is 11.5. The molecule has 82 valence electrons. The number of hydrogen-bond acceptors (Lipinski definition) is 4. The van der Waals surface area contributed by atoms with Gasteiger partial charge in [0.05, 0.1) is 11.5 Å². The van der Waals surface area contributed by atoms with E-state index in [4.69, 9.17) is 5.11 Å². The minimum atomic E-state index is -2.87. The second-order valence-corrected chi connectivity index (χ2v) is 6.02. The first kappa shape index (κ1) is 11.7. The van der Waals surface area contributed by atoms with Crippen LogP contribution in [0.15, 0.2) is 0 Å². The van der Waals surface area contributed by atoms with E-state index in [2.05, 4.69) is 0 Å². The first-order valence-corrected chi connectivity index (χ1v) is 6.71. The summed E-state index contributed by atoms with van der Waals surface area (Å²) in [4.78, 5) is 11.5. The van der Waals surface area contributed by atoms with Crippen molar-refractivity contribution in [1.29, 1.82) is 0 Å². The summed E-state index contributed by atoms with van der Waals surface area (Å²) in [6.45, 7) is 0.0246. The maximum Gasteiger partial charge on any atom is 0.150 e. The second kappa shape index (κ2) is 4.89. The molecule has 0 aliphatic carbocycles. The van der Waals surface area contributed by atoms with Crippen molar-refractivity contribution < 1.29 is 18.3 Å². The van der Waals surface area contributed by atoms with Crippen LogP contribution in [-0.2, 0) is 14.6 Å². The molecule has 1 fully saturated rings. The van der Waals surface area contributed by atoms with E-state index in [1.807, 2.05) is 0 Å². The lowest BCUT2D eigenvalue weighted by Gasteiger charge is -2.20. The fourth-order valence-electron chi connectivity index (χ4n) is 1.67. The minimum absolute atomic E-state index is 0.0246. The highest BCUT2D eigenvalue weighted by Crippen LogP contribution is 2.21. The summed E-state index contributed by atoms with van der Waals surface area (Å²) in [5, 5.41) is 8.55. The monoisotopic (exact) mass is 220 g/mol. The quantitative estimate of drug-likeness (QED) is 0.732. The van der Waals surface area contributed by atoms with Crippen molar-refractivity contribution in [2.24, 2.45) is 5.92 Å². The standard InChI is InChI=1S/C9H16O4S/c10-5-1-2-9(11)8-3-6-14(12,13)7-4-8/h8,10H,1-7H2. The van der Waals surface area contributed by atoms with Gasteiger partial charge in [-0.15, -0.1) is 0 Å². The average molecular weight is 220 g/mol. The number of sulfone groups is 1. The van der Waals surface area contributed by atoms with Crippen LogP contribution in [-0.4, -0.2) is 37.4 Å². The van der Waals surface area contributed by atoms with E-state index in [0.717, 1.165) is 0 Å². The van der Waals surface area contributed by atoms with E-state index >= 15 is 0 Å². The van der Waals surface area contributed by atoms with Crippen LogP contribution in [0.2, 0.25) is 0 Å². The summed E-state index contributed by atoms with van der Waals surface area (Å²) in [5.41, 5.74) is 0. The molecule has 0 bridgehead atoms. The molecule has 0 radical (unpaired) electrons. The van der Waals surface area contributed by atoms with E-state index in [1.165, 1.54) is 0 Å². The van der Waals surface area contributed by atoms with Crippen LogP contribution in [0.4, 0.5) is 0 Å². The largest absolute Gasteiger partial charge is 0.396 e. The van der Waals surface area contributed by atoms with E-state index < -0.39 is 9.84 Å². The Balaban J connectivity index is 2.38. The van der Waals surface area contributed by atoms with Crippen LogP contribution >= 0.6 is 0 Å². The van der Waals surface area contributed by atoms with E-state index in [-0.39, 0.29) is 29.8 Å². The lowest BCUT2D eigenvalue weighted by molar-refractivity contribution is -0.123. The van der Waals surface area contributed by atoms with Gasteiger partial charge < -0.3 is 5.11 Å². The Labute approximate surface area is 84.2 Å². The molecule has 4 nitrogen and oxygen atoms in total. The Kier molecular flexibility index (Phi) is 4.07. The number of carbonyl (C=O) groups is 1. The van der Waals surface area contributed by atoms with Crippen LogP contribution in [0.3, 0.4) is 0 Å². The first-order chi connectivity index (χ1) is 6.55. The number of ketones is 1.